The smallest absolute Gasteiger partial charge is 0.119 e. The quantitative estimate of drug-likeness (QED) is 0.816. The van der Waals surface area contributed by atoms with Gasteiger partial charge in [0.15, 0.2) is 0 Å². The average Bonchev–Trinajstić information content (AvgIpc) is 2.53. The van der Waals surface area contributed by atoms with Crippen molar-refractivity contribution in [2.24, 2.45) is 0 Å². The van der Waals surface area contributed by atoms with Crippen LogP contribution in [-0.4, -0.2) is 13.2 Å². The molecular formula is C19H25NO. The van der Waals surface area contributed by atoms with Crippen molar-refractivity contribution in [3.8, 4) is 5.75 Å². The van der Waals surface area contributed by atoms with E-state index in [2.05, 4.69) is 61.6 Å². The van der Waals surface area contributed by atoms with Crippen molar-refractivity contribution in [1.82, 2.24) is 5.32 Å². The molecule has 0 spiro atoms. The highest BCUT2D eigenvalue weighted by atomic mass is 16.5. The van der Waals surface area contributed by atoms with E-state index in [1.807, 2.05) is 13.0 Å². The summed E-state index contributed by atoms with van der Waals surface area (Å²) in [5.41, 5.74) is 3.93. The molecule has 0 amide bonds. The molecule has 0 saturated heterocycles. The van der Waals surface area contributed by atoms with Crippen LogP contribution in [0.2, 0.25) is 0 Å². The number of ether oxygens (including phenoxy) is 1. The van der Waals surface area contributed by atoms with Gasteiger partial charge in [0, 0.05) is 0 Å². The van der Waals surface area contributed by atoms with Crippen LogP contribution in [0.25, 0.3) is 0 Å². The highest BCUT2D eigenvalue weighted by Crippen LogP contribution is 2.26. The van der Waals surface area contributed by atoms with Gasteiger partial charge in [0.05, 0.1) is 12.6 Å². The Labute approximate surface area is 128 Å². The van der Waals surface area contributed by atoms with Crippen molar-refractivity contribution in [2.75, 3.05) is 13.2 Å². The second kappa shape index (κ2) is 7.84. The minimum atomic E-state index is 0.210. The molecule has 0 aliphatic heterocycles. The van der Waals surface area contributed by atoms with Crippen molar-refractivity contribution in [1.29, 1.82) is 0 Å². The maximum Gasteiger partial charge on any atom is 0.119 e. The van der Waals surface area contributed by atoms with E-state index in [0.29, 0.717) is 6.61 Å². The fraction of sp³-hybridized carbons (Fsp3) is 0.368. The van der Waals surface area contributed by atoms with E-state index in [9.17, 15) is 0 Å². The van der Waals surface area contributed by atoms with Gasteiger partial charge in [0.2, 0.25) is 0 Å². The van der Waals surface area contributed by atoms with Crippen molar-refractivity contribution in [3.63, 3.8) is 0 Å². The maximum absolute atomic E-state index is 5.63. The SMILES string of the molecule is CCNC(c1cccc(CC)c1)c1cccc(OCC)c1. The van der Waals surface area contributed by atoms with Crippen molar-refractivity contribution >= 4 is 0 Å². The summed E-state index contributed by atoms with van der Waals surface area (Å²) in [6, 6.07) is 17.4. The van der Waals surface area contributed by atoms with Crippen LogP contribution in [0.1, 0.15) is 43.5 Å². The molecule has 0 saturated carbocycles. The molecule has 0 aromatic heterocycles. The molecule has 2 heteroatoms. The highest BCUT2D eigenvalue weighted by Gasteiger charge is 2.13. The first-order valence-corrected chi connectivity index (χ1v) is 7.83. The van der Waals surface area contributed by atoms with Crippen molar-refractivity contribution in [3.05, 3.63) is 65.2 Å². The van der Waals surface area contributed by atoms with E-state index in [1.54, 1.807) is 0 Å². The van der Waals surface area contributed by atoms with Gasteiger partial charge >= 0.3 is 0 Å². The molecule has 2 aromatic carbocycles. The third kappa shape index (κ3) is 4.08. The molecule has 0 fully saturated rings. The third-order valence-electron chi connectivity index (χ3n) is 3.60. The van der Waals surface area contributed by atoms with E-state index < -0.39 is 0 Å². The van der Waals surface area contributed by atoms with Crippen molar-refractivity contribution < 1.29 is 4.74 Å². The minimum Gasteiger partial charge on any atom is -0.494 e. The van der Waals surface area contributed by atoms with Gasteiger partial charge in [-0.3, -0.25) is 0 Å². The second-order valence-electron chi connectivity index (χ2n) is 5.09. The van der Waals surface area contributed by atoms with Gasteiger partial charge in [0.1, 0.15) is 5.75 Å². The first kappa shape index (κ1) is 15.6. The molecule has 0 aliphatic rings. The molecular weight excluding hydrogens is 258 g/mol. The molecule has 0 bridgehead atoms. The summed E-state index contributed by atoms with van der Waals surface area (Å²) in [5.74, 6) is 0.935. The summed E-state index contributed by atoms with van der Waals surface area (Å²) < 4.78 is 5.63. The molecule has 0 radical (unpaired) electrons. The van der Waals surface area contributed by atoms with Crippen LogP contribution >= 0.6 is 0 Å². The summed E-state index contributed by atoms with van der Waals surface area (Å²) >= 11 is 0. The number of benzene rings is 2. The number of aryl methyl sites for hydroxylation is 1. The number of hydrogen-bond donors (Lipinski definition) is 1. The summed E-state index contributed by atoms with van der Waals surface area (Å²) in [4.78, 5) is 0. The van der Waals surface area contributed by atoms with Gasteiger partial charge < -0.3 is 10.1 Å². The molecule has 1 atom stereocenters. The molecule has 2 rings (SSSR count). The lowest BCUT2D eigenvalue weighted by atomic mass is 9.96. The average molecular weight is 283 g/mol. The predicted octanol–water partition coefficient (Wildman–Crippen LogP) is 4.35. The summed E-state index contributed by atoms with van der Waals surface area (Å²) in [7, 11) is 0. The molecule has 2 aromatic rings. The van der Waals surface area contributed by atoms with Crippen LogP contribution in [0.5, 0.6) is 5.75 Å². The maximum atomic E-state index is 5.63. The highest BCUT2D eigenvalue weighted by molar-refractivity contribution is 5.38. The lowest BCUT2D eigenvalue weighted by Crippen LogP contribution is -2.22. The summed E-state index contributed by atoms with van der Waals surface area (Å²) in [6.07, 6.45) is 1.06. The lowest BCUT2D eigenvalue weighted by molar-refractivity contribution is 0.339. The fourth-order valence-electron chi connectivity index (χ4n) is 2.58. The molecule has 1 N–H and O–H groups in total. The Kier molecular flexibility index (Phi) is 5.82. The first-order valence-electron chi connectivity index (χ1n) is 7.83. The molecule has 2 nitrogen and oxygen atoms in total. The summed E-state index contributed by atoms with van der Waals surface area (Å²) in [6.45, 7) is 7.97. The van der Waals surface area contributed by atoms with E-state index >= 15 is 0 Å². The van der Waals surface area contributed by atoms with E-state index in [4.69, 9.17) is 4.74 Å². The monoisotopic (exact) mass is 283 g/mol. The van der Waals surface area contributed by atoms with Crippen LogP contribution in [0.4, 0.5) is 0 Å². The predicted molar refractivity (Wildman–Crippen MR) is 89.0 cm³/mol. The Balaban J connectivity index is 2.35. The Morgan fingerprint density at radius 2 is 1.67 bits per heavy atom. The second-order valence-corrected chi connectivity index (χ2v) is 5.09. The van der Waals surface area contributed by atoms with Gasteiger partial charge in [-0.15, -0.1) is 0 Å². The molecule has 112 valence electrons. The van der Waals surface area contributed by atoms with Gasteiger partial charge in [-0.25, -0.2) is 0 Å². The fourth-order valence-corrected chi connectivity index (χ4v) is 2.58. The Morgan fingerprint density at radius 1 is 0.952 bits per heavy atom. The number of hydrogen-bond acceptors (Lipinski definition) is 2. The molecule has 1 unspecified atom stereocenters. The normalized spacial score (nSPS) is 12.1. The standard InChI is InChI=1S/C19H25NO/c1-4-15-9-7-10-16(13-15)19(20-5-2)17-11-8-12-18(14-17)21-6-3/h7-14,19-20H,4-6H2,1-3H3. The number of rotatable bonds is 7. The molecule has 21 heavy (non-hydrogen) atoms. The van der Waals surface area contributed by atoms with Crippen LogP contribution < -0.4 is 10.1 Å². The third-order valence-corrected chi connectivity index (χ3v) is 3.60. The molecule has 0 aliphatic carbocycles. The number of nitrogens with one attached hydrogen (secondary N) is 1. The van der Waals surface area contributed by atoms with Gasteiger partial charge in [-0.2, -0.15) is 0 Å². The van der Waals surface area contributed by atoms with Gasteiger partial charge in [-0.05, 0) is 48.7 Å². The Bertz CT molecular complexity index is 565. The first-order chi connectivity index (χ1) is 10.3. The zero-order valence-corrected chi connectivity index (χ0v) is 13.2. The van der Waals surface area contributed by atoms with E-state index in [-0.39, 0.29) is 6.04 Å². The minimum absolute atomic E-state index is 0.210. The van der Waals surface area contributed by atoms with Crippen LogP contribution in [0, 0.1) is 0 Å². The topological polar surface area (TPSA) is 21.3 Å². The van der Waals surface area contributed by atoms with Crippen LogP contribution in [-0.2, 0) is 6.42 Å². The van der Waals surface area contributed by atoms with Crippen LogP contribution in [0.15, 0.2) is 48.5 Å². The van der Waals surface area contributed by atoms with Crippen molar-refractivity contribution in [2.45, 2.75) is 33.2 Å². The Morgan fingerprint density at radius 3 is 2.33 bits per heavy atom. The Hall–Kier alpha value is -1.80. The van der Waals surface area contributed by atoms with Gasteiger partial charge in [0.25, 0.3) is 0 Å². The van der Waals surface area contributed by atoms with E-state index in [1.165, 1.54) is 16.7 Å². The van der Waals surface area contributed by atoms with E-state index in [0.717, 1.165) is 18.7 Å². The zero-order valence-electron chi connectivity index (χ0n) is 13.2. The molecule has 0 heterocycles. The largest absolute Gasteiger partial charge is 0.494 e. The summed E-state index contributed by atoms with van der Waals surface area (Å²) in [5, 5.41) is 3.58. The van der Waals surface area contributed by atoms with Gasteiger partial charge in [-0.1, -0.05) is 50.2 Å². The zero-order chi connectivity index (χ0) is 15.1. The lowest BCUT2D eigenvalue weighted by Gasteiger charge is -2.20. The van der Waals surface area contributed by atoms with Crippen LogP contribution in [0.3, 0.4) is 0 Å².